The van der Waals surface area contributed by atoms with Gasteiger partial charge >= 0.3 is 0 Å². The summed E-state index contributed by atoms with van der Waals surface area (Å²) in [6.07, 6.45) is 1.08. The van der Waals surface area contributed by atoms with Gasteiger partial charge in [0.25, 0.3) is 5.91 Å². The average molecular weight is 497 g/mol. The van der Waals surface area contributed by atoms with Gasteiger partial charge in [-0.2, -0.15) is 0 Å². The van der Waals surface area contributed by atoms with E-state index in [0.29, 0.717) is 22.8 Å². The lowest BCUT2D eigenvalue weighted by molar-refractivity contribution is -0.143. The molecular weight excluding hydrogens is 467 g/mol. The summed E-state index contributed by atoms with van der Waals surface area (Å²) in [7, 11) is 0. The van der Waals surface area contributed by atoms with Crippen molar-refractivity contribution < 1.29 is 18.7 Å². The number of nitrogens with zero attached hydrogens (tertiary/aromatic N) is 1. The van der Waals surface area contributed by atoms with Gasteiger partial charge in [-0.3, -0.25) is 9.59 Å². The summed E-state index contributed by atoms with van der Waals surface area (Å²) >= 11 is 6.03. The first kappa shape index (κ1) is 26.2. The van der Waals surface area contributed by atoms with E-state index < -0.39 is 6.04 Å². The van der Waals surface area contributed by atoms with E-state index in [1.807, 2.05) is 44.2 Å². The van der Waals surface area contributed by atoms with Gasteiger partial charge in [0.1, 0.15) is 17.6 Å². The molecule has 0 saturated heterocycles. The quantitative estimate of drug-likeness (QED) is 0.386. The number of benzene rings is 3. The number of ether oxygens (including phenoxy) is 1. The lowest BCUT2D eigenvalue weighted by Gasteiger charge is -2.32. The SMILES string of the molecule is CC[C@H](C)NC(=O)[C@@H](Cc1ccccc1)N(Cc1ccc(F)cc1)C(=O)COc1cccc(Cl)c1. The van der Waals surface area contributed by atoms with Gasteiger partial charge in [-0.05, 0) is 54.8 Å². The van der Waals surface area contributed by atoms with Crippen LogP contribution in [-0.2, 0) is 22.6 Å². The molecule has 0 aliphatic carbocycles. The predicted octanol–water partition coefficient (Wildman–Crippen LogP) is 5.41. The van der Waals surface area contributed by atoms with Gasteiger partial charge in [-0.1, -0.05) is 67.1 Å². The topological polar surface area (TPSA) is 58.6 Å². The first-order chi connectivity index (χ1) is 16.9. The first-order valence-electron chi connectivity index (χ1n) is 11.6. The summed E-state index contributed by atoms with van der Waals surface area (Å²) in [5, 5.41) is 3.50. The maximum Gasteiger partial charge on any atom is 0.261 e. The molecule has 1 N–H and O–H groups in total. The molecule has 3 rings (SSSR count). The monoisotopic (exact) mass is 496 g/mol. The van der Waals surface area contributed by atoms with Crippen LogP contribution >= 0.6 is 11.6 Å². The molecule has 0 unspecified atom stereocenters. The summed E-state index contributed by atoms with van der Waals surface area (Å²) in [6, 6.07) is 21.4. The summed E-state index contributed by atoms with van der Waals surface area (Å²) in [5.41, 5.74) is 1.63. The second-order valence-electron chi connectivity index (χ2n) is 8.42. The summed E-state index contributed by atoms with van der Waals surface area (Å²) < 4.78 is 19.2. The fraction of sp³-hybridized carbons (Fsp3) is 0.286. The Morgan fingerprint density at radius 3 is 2.37 bits per heavy atom. The van der Waals surface area contributed by atoms with Crippen molar-refractivity contribution in [1.82, 2.24) is 10.2 Å². The Kier molecular flexibility index (Phi) is 9.67. The van der Waals surface area contributed by atoms with Crippen molar-refractivity contribution >= 4 is 23.4 Å². The fourth-order valence-electron chi connectivity index (χ4n) is 3.57. The summed E-state index contributed by atoms with van der Waals surface area (Å²) in [5.74, 6) is -0.529. The predicted molar refractivity (Wildman–Crippen MR) is 136 cm³/mol. The number of rotatable bonds is 11. The van der Waals surface area contributed by atoms with Gasteiger partial charge in [-0.15, -0.1) is 0 Å². The second-order valence-corrected chi connectivity index (χ2v) is 8.85. The number of hydrogen-bond donors (Lipinski definition) is 1. The maximum atomic E-state index is 13.5. The molecule has 0 aliphatic heterocycles. The van der Waals surface area contributed by atoms with Crippen molar-refractivity contribution in [3.8, 4) is 5.75 Å². The van der Waals surface area contributed by atoms with Crippen molar-refractivity contribution in [2.75, 3.05) is 6.61 Å². The normalized spacial score (nSPS) is 12.5. The van der Waals surface area contributed by atoms with Crippen molar-refractivity contribution in [1.29, 1.82) is 0 Å². The number of carbonyl (C=O) groups is 2. The molecule has 2 atom stereocenters. The molecule has 35 heavy (non-hydrogen) atoms. The summed E-state index contributed by atoms with van der Waals surface area (Å²) in [6.45, 7) is 3.76. The Morgan fingerprint density at radius 2 is 1.71 bits per heavy atom. The van der Waals surface area contributed by atoms with Crippen LogP contribution in [-0.4, -0.2) is 35.4 Å². The molecule has 2 amide bonds. The molecule has 0 aliphatic rings. The highest BCUT2D eigenvalue weighted by Crippen LogP contribution is 2.19. The van der Waals surface area contributed by atoms with Gasteiger partial charge in [0.05, 0.1) is 0 Å². The molecule has 0 radical (unpaired) electrons. The summed E-state index contributed by atoms with van der Waals surface area (Å²) in [4.78, 5) is 28.4. The van der Waals surface area contributed by atoms with Crippen LogP contribution < -0.4 is 10.1 Å². The van der Waals surface area contributed by atoms with Crippen molar-refractivity contribution in [2.24, 2.45) is 0 Å². The zero-order valence-electron chi connectivity index (χ0n) is 19.9. The third-order valence-electron chi connectivity index (χ3n) is 5.70. The zero-order chi connectivity index (χ0) is 25.2. The molecule has 0 aromatic heterocycles. The molecule has 0 heterocycles. The molecule has 0 saturated carbocycles. The number of carbonyl (C=O) groups excluding carboxylic acids is 2. The Labute approximate surface area is 210 Å². The fourth-order valence-corrected chi connectivity index (χ4v) is 3.75. The highest BCUT2D eigenvalue weighted by atomic mass is 35.5. The molecule has 0 bridgehead atoms. The van der Waals surface area contributed by atoms with Crippen LogP contribution in [0.3, 0.4) is 0 Å². The van der Waals surface area contributed by atoms with E-state index in [-0.39, 0.29) is 36.8 Å². The average Bonchev–Trinajstić information content (AvgIpc) is 2.86. The van der Waals surface area contributed by atoms with Gasteiger partial charge in [0.15, 0.2) is 6.61 Å². The molecule has 0 fully saturated rings. The Morgan fingerprint density at radius 1 is 1.00 bits per heavy atom. The smallest absolute Gasteiger partial charge is 0.261 e. The van der Waals surface area contributed by atoms with Gasteiger partial charge in [0.2, 0.25) is 5.91 Å². The molecule has 3 aromatic carbocycles. The largest absolute Gasteiger partial charge is 0.484 e. The van der Waals surface area contributed by atoms with Crippen LogP contribution in [0.25, 0.3) is 0 Å². The highest BCUT2D eigenvalue weighted by molar-refractivity contribution is 6.30. The number of amides is 2. The van der Waals surface area contributed by atoms with E-state index in [2.05, 4.69) is 5.32 Å². The van der Waals surface area contributed by atoms with E-state index in [9.17, 15) is 14.0 Å². The van der Waals surface area contributed by atoms with Gasteiger partial charge in [-0.25, -0.2) is 4.39 Å². The van der Waals surface area contributed by atoms with Crippen molar-refractivity contribution in [3.05, 3.63) is 101 Å². The number of hydrogen-bond acceptors (Lipinski definition) is 3. The van der Waals surface area contributed by atoms with Crippen molar-refractivity contribution in [2.45, 2.75) is 45.3 Å². The molecular formula is C28H30ClFN2O3. The lowest BCUT2D eigenvalue weighted by atomic mass is 10.0. The van der Waals surface area contributed by atoms with Crippen LogP contribution in [0.4, 0.5) is 4.39 Å². The molecule has 5 nitrogen and oxygen atoms in total. The zero-order valence-corrected chi connectivity index (χ0v) is 20.7. The highest BCUT2D eigenvalue weighted by Gasteiger charge is 2.31. The molecule has 0 spiro atoms. The van der Waals surface area contributed by atoms with E-state index >= 15 is 0 Å². The van der Waals surface area contributed by atoms with Crippen LogP contribution in [0, 0.1) is 5.82 Å². The Hall–Kier alpha value is -3.38. The minimum atomic E-state index is -0.785. The third-order valence-corrected chi connectivity index (χ3v) is 5.93. The molecule has 3 aromatic rings. The van der Waals surface area contributed by atoms with Crippen LogP contribution in [0.1, 0.15) is 31.4 Å². The van der Waals surface area contributed by atoms with Crippen LogP contribution in [0.15, 0.2) is 78.9 Å². The van der Waals surface area contributed by atoms with Gasteiger partial charge in [0, 0.05) is 24.0 Å². The minimum absolute atomic E-state index is 0.0498. The Bertz CT molecular complexity index is 1110. The van der Waals surface area contributed by atoms with E-state index in [0.717, 1.165) is 12.0 Å². The maximum absolute atomic E-state index is 13.5. The standard InChI is InChI=1S/C28H30ClFN2O3/c1-3-20(2)31-28(34)26(16-21-8-5-4-6-9-21)32(18-22-12-14-24(30)15-13-22)27(33)19-35-25-11-7-10-23(29)17-25/h4-15,17,20,26H,3,16,18-19H2,1-2H3,(H,31,34)/t20-,26+/m0/s1. The lowest BCUT2D eigenvalue weighted by Crippen LogP contribution is -2.53. The first-order valence-corrected chi connectivity index (χ1v) is 12.0. The number of nitrogens with one attached hydrogen (secondary N) is 1. The Balaban J connectivity index is 1.90. The molecule has 184 valence electrons. The second kappa shape index (κ2) is 12.9. The van der Waals surface area contributed by atoms with E-state index in [1.54, 1.807) is 36.4 Å². The van der Waals surface area contributed by atoms with E-state index in [4.69, 9.17) is 16.3 Å². The van der Waals surface area contributed by atoms with Crippen LogP contribution in [0.2, 0.25) is 5.02 Å². The third kappa shape index (κ3) is 8.11. The van der Waals surface area contributed by atoms with Gasteiger partial charge < -0.3 is 15.0 Å². The van der Waals surface area contributed by atoms with Crippen LogP contribution in [0.5, 0.6) is 5.75 Å². The minimum Gasteiger partial charge on any atom is -0.484 e. The van der Waals surface area contributed by atoms with Crippen molar-refractivity contribution in [3.63, 3.8) is 0 Å². The number of halogens is 2. The van der Waals surface area contributed by atoms with E-state index in [1.165, 1.54) is 17.0 Å². The molecule has 7 heteroatoms.